The molecule has 0 aromatic carbocycles. The van der Waals surface area contributed by atoms with Crippen molar-refractivity contribution in [3.8, 4) is 5.82 Å². The normalized spacial score (nSPS) is 12.1. The summed E-state index contributed by atoms with van der Waals surface area (Å²) in [5.74, 6) is 0.355. The first kappa shape index (κ1) is 15.1. The summed E-state index contributed by atoms with van der Waals surface area (Å²) in [4.78, 5) is 21.6. The Morgan fingerprint density at radius 2 is 2.33 bits per heavy atom. The van der Waals surface area contributed by atoms with Gasteiger partial charge in [-0.3, -0.25) is 4.79 Å². The number of pyridine rings is 1. The lowest BCUT2D eigenvalue weighted by Gasteiger charge is -2.20. The molecule has 0 saturated carbocycles. The number of ether oxygens (including phenoxy) is 1. The highest BCUT2D eigenvalue weighted by Crippen LogP contribution is 2.07. The minimum Gasteiger partial charge on any atom is -0.389 e. The molecular formula is C13H17N5O3. The highest BCUT2D eigenvalue weighted by Gasteiger charge is 2.16. The van der Waals surface area contributed by atoms with Crippen LogP contribution in [0, 0.1) is 0 Å². The van der Waals surface area contributed by atoms with Crippen LogP contribution in [0.3, 0.4) is 0 Å². The minimum atomic E-state index is -0.716. The fourth-order valence-corrected chi connectivity index (χ4v) is 1.84. The predicted molar refractivity (Wildman–Crippen MR) is 74.0 cm³/mol. The van der Waals surface area contributed by atoms with Gasteiger partial charge < -0.3 is 14.7 Å². The number of likely N-dealkylation sites (N-methyl/N-ethyl adjacent to an activating group) is 1. The molecule has 1 N–H and O–H groups in total. The molecule has 2 heterocycles. The van der Waals surface area contributed by atoms with Gasteiger partial charge in [0.1, 0.15) is 12.7 Å². The van der Waals surface area contributed by atoms with Gasteiger partial charge in [0.2, 0.25) is 0 Å². The molecule has 0 aliphatic carbocycles. The molecule has 0 aliphatic heterocycles. The number of amides is 1. The van der Waals surface area contributed by atoms with E-state index in [1.807, 2.05) is 0 Å². The number of carbonyl (C=O) groups excluding carboxylic acids is 1. The summed E-state index contributed by atoms with van der Waals surface area (Å²) in [5.41, 5.74) is 0.436. The minimum absolute atomic E-state index is 0.182. The van der Waals surface area contributed by atoms with E-state index in [0.29, 0.717) is 11.4 Å². The molecule has 8 nitrogen and oxygen atoms in total. The van der Waals surface area contributed by atoms with Crippen LogP contribution in [-0.2, 0) is 4.74 Å². The van der Waals surface area contributed by atoms with Gasteiger partial charge in [-0.2, -0.15) is 5.10 Å². The highest BCUT2D eigenvalue weighted by molar-refractivity contribution is 5.93. The largest absolute Gasteiger partial charge is 0.389 e. The van der Waals surface area contributed by atoms with Crippen LogP contribution in [-0.4, -0.2) is 69.1 Å². The summed E-state index contributed by atoms with van der Waals surface area (Å²) in [6.07, 6.45) is 3.69. The summed E-state index contributed by atoms with van der Waals surface area (Å²) < 4.78 is 6.33. The average Bonchev–Trinajstić information content (AvgIpc) is 3.01. The molecule has 21 heavy (non-hydrogen) atoms. The maximum absolute atomic E-state index is 12.2. The Hall–Kier alpha value is -2.32. The number of rotatable bonds is 6. The van der Waals surface area contributed by atoms with Crippen molar-refractivity contribution in [3.05, 3.63) is 36.5 Å². The molecule has 0 bridgehead atoms. The van der Waals surface area contributed by atoms with Crippen LogP contribution in [0.2, 0.25) is 0 Å². The van der Waals surface area contributed by atoms with E-state index >= 15 is 0 Å². The van der Waals surface area contributed by atoms with E-state index in [9.17, 15) is 9.90 Å². The fourth-order valence-electron chi connectivity index (χ4n) is 1.84. The molecule has 2 aromatic rings. The van der Waals surface area contributed by atoms with Gasteiger partial charge in [-0.1, -0.05) is 0 Å². The van der Waals surface area contributed by atoms with E-state index < -0.39 is 6.10 Å². The average molecular weight is 291 g/mol. The van der Waals surface area contributed by atoms with E-state index in [0.717, 1.165) is 0 Å². The van der Waals surface area contributed by atoms with Crippen LogP contribution in [0.15, 0.2) is 31.0 Å². The van der Waals surface area contributed by atoms with E-state index in [4.69, 9.17) is 4.74 Å². The zero-order valence-corrected chi connectivity index (χ0v) is 11.9. The van der Waals surface area contributed by atoms with Gasteiger partial charge in [-0.15, -0.1) is 0 Å². The Morgan fingerprint density at radius 3 is 2.90 bits per heavy atom. The number of nitrogens with zero attached hydrogens (tertiary/aromatic N) is 5. The maximum atomic E-state index is 12.2. The Morgan fingerprint density at radius 1 is 1.52 bits per heavy atom. The van der Waals surface area contributed by atoms with Crippen molar-refractivity contribution in [3.63, 3.8) is 0 Å². The third-order valence-corrected chi connectivity index (χ3v) is 2.84. The number of aromatic nitrogens is 4. The van der Waals surface area contributed by atoms with Crippen LogP contribution in [0.4, 0.5) is 0 Å². The van der Waals surface area contributed by atoms with Crippen LogP contribution >= 0.6 is 0 Å². The molecule has 0 saturated heterocycles. The van der Waals surface area contributed by atoms with E-state index in [-0.39, 0.29) is 19.1 Å². The molecule has 1 amide bonds. The highest BCUT2D eigenvalue weighted by atomic mass is 16.5. The first-order chi connectivity index (χ1) is 10.1. The van der Waals surface area contributed by atoms with Gasteiger partial charge >= 0.3 is 0 Å². The summed E-state index contributed by atoms with van der Waals surface area (Å²) in [5, 5.41) is 13.6. The smallest absolute Gasteiger partial charge is 0.255 e. The fraction of sp³-hybridized carbons (Fsp3) is 0.385. The number of hydrogen-bond acceptors (Lipinski definition) is 6. The Labute approximate surface area is 122 Å². The Kier molecular flexibility index (Phi) is 4.96. The van der Waals surface area contributed by atoms with Gasteiger partial charge in [0.05, 0.1) is 18.3 Å². The van der Waals surface area contributed by atoms with E-state index in [1.165, 1.54) is 35.5 Å². The molecule has 2 aromatic heterocycles. The Bertz CT molecular complexity index is 570. The van der Waals surface area contributed by atoms with Crippen LogP contribution in [0.25, 0.3) is 5.82 Å². The molecule has 0 fully saturated rings. The van der Waals surface area contributed by atoms with Gasteiger partial charge in [-0.25, -0.2) is 14.6 Å². The van der Waals surface area contributed by atoms with Gasteiger partial charge in [-0.05, 0) is 12.1 Å². The van der Waals surface area contributed by atoms with E-state index in [1.54, 1.807) is 19.2 Å². The monoisotopic (exact) mass is 291 g/mol. The van der Waals surface area contributed by atoms with Crippen LogP contribution in [0.1, 0.15) is 10.4 Å². The lowest BCUT2D eigenvalue weighted by atomic mass is 10.2. The summed E-state index contributed by atoms with van der Waals surface area (Å²) >= 11 is 0. The first-order valence-corrected chi connectivity index (χ1v) is 6.35. The van der Waals surface area contributed by atoms with Crippen molar-refractivity contribution in [1.29, 1.82) is 0 Å². The number of methoxy groups -OCH3 is 1. The molecule has 1 unspecified atom stereocenters. The summed E-state index contributed by atoms with van der Waals surface area (Å²) in [6.45, 7) is 0.374. The summed E-state index contributed by atoms with van der Waals surface area (Å²) in [7, 11) is 3.12. The lowest BCUT2D eigenvalue weighted by molar-refractivity contribution is 0.0380. The summed E-state index contributed by atoms with van der Waals surface area (Å²) in [6, 6.07) is 3.34. The molecule has 1 atom stereocenters. The lowest BCUT2D eigenvalue weighted by Crippen LogP contribution is -2.36. The number of aliphatic hydroxyl groups is 1. The van der Waals surface area contributed by atoms with Gasteiger partial charge in [0, 0.05) is 26.9 Å². The van der Waals surface area contributed by atoms with Gasteiger partial charge in [0.25, 0.3) is 5.91 Å². The third-order valence-electron chi connectivity index (χ3n) is 2.84. The zero-order valence-electron chi connectivity index (χ0n) is 11.9. The number of aliphatic hydroxyl groups excluding tert-OH is 1. The molecule has 0 spiro atoms. The molecule has 2 rings (SSSR count). The third kappa shape index (κ3) is 3.83. The van der Waals surface area contributed by atoms with Crippen LogP contribution < -0.4 is 0 Å². The zero-order chi connectivity index (χ0) is 15.2. The van der Waals surface area contributed by atoms with Crippen molar-refractivity contribution in [1.82, 2.24) is 24.6 Å². The van der Waals surface area contributed by atoms with Crippen molar-refractivity contribution in [2.45, 2.75) is 6.10 Å². The second-order valence-electron chi connectivity index (χ2n) is 4.54. The predicted octanol–water partition coefficient (Wildman–Crippen LogP) is -0.258. The first-order valence-electron chi connectivity index (χ1n) is 6.35. The van der Waals surface area contributed by atoms with E-state index in [2.05, 4.69) is 15.1 Å². The number of hydrogen-bond donors (Lipinski definition) is 1. The van der Waals surface area contributed by atoms with Crippen molar-refractivity contribution in [2.75, 3.05) is 27.3 Å². The molecule has 112 valence electrons. The Balaban J connectivity index is 2.02. The van der Waals surface area contributed by atoms with Crippen LogP contribution in [0.5, 0.6) is 0 Å². The maximum Gasteiger partial charge on any atom is 0.255 e. The number of carbonyl (C=O) groups is 1. The second-order valence-corrected chi connectivity index (χ2v) is 4.54. The molecular weight excluding hydrogens is 274 g/mol. The SMILES string of the molecule is COCC(O)CN(C)C(=O)c1ccc(-n2cncn2)nc1. The topological polar surface area (TPSA) is 93.4 Å². The molecule has 8 heteroatoms. The second kappa shape index (κ2) is 6.91. The molecule has 0 aliphatic rings. The van der Waals surface area contributed by atoms with Crippen molar-refractivity contribution >= 4 is 5.91 Å². The standard InChI is InChI=1S/C13H17N5O3/c1-17(6-11(19)7-21-2)13(20)10-3-4-12(15-5-10)18-9-14-8-16-18/h3-5,8-9,11,19H,6-7H2,1-2H3. The van der Waals surface area contributed by atoms with Gasteiger partial charge in [0.15, 0.2) is 5.82 Å². The quantitative estimate of drug-likeness (QED) is 0.788. The molecule has 0 radical (unpaired) electrons. The van der Waals surface area contributed by atoms with Crippen molar-refractivity contribution in [2.24, 2.45) is 0 Å². The van der Waals surface area contributed by atoms with Crippen molar-refractivity contribution < 1.29 is 14.6 Å².